The van der Waals surface area contributed by atoms with Crippen molar-refractivity contribution >= 4 is 35.9 Å². The van der Waals surface area contributed by atoms with E-state index in [4.69, 9.17) is 0 Å². The van der Waals surface area contributed by atoms with Gasteiger partial charge in [0.25, 0.3) is 0 Å². The average molecular weight is 278 g/mol. The summed E-state index contributed by atoms with van der Waals surface area (Å²) in [6.45, 7) is 1.17. The van der Waals surface area contributed by atoms with Gasteiger partial charge in [-0.1, -0.05) is 11.8 Å². The van der Waals surface area contributed by atoms with Crippen LogP contribution in [0.25, 0.3) is 0 Å². The molecule has 16 heavy (non-hydrogen) atoms. The first-order chi connectivity index (χ1) is 7.38. The summed E-state index contributed by atoms with van der Waals surface area (Å²) >= 11 is 3.41. The molecule has 2 rings (SSSR count). The molecular formula is C10H16ClN3S2. The van der Waals surface area contributed by atoms with Crippen molar-refractivity contribution in [2.24, 2.45) is 0 Å². The molecule has 1 N–H and O–H groups in total. The largest absolute Gasteiger partial charge is 0.313 e. The Kier molecular flexibility index (Phi) is 6.49. The van der Waals surface area contributed by atoms with E-state index in [1.807, 2.05) is 30.3 Å². The third-order valence-electron chi connectivity index (χ3n) is 2.39. The number of hydrogen-bond acceptors (Lipinski definition) is 5. The Bertz CT molecular complexity index is 319. The molecule has 2 heterocycles. The van der Waals surface area contributed by atoms with E-state index in [9.17, 15) is 0 Å². The van der Waals surface area contributed by atoms with E-state index in [0.29, 0.717) is 6.04 Å². The highest BCUT2D eigenvalue weighted by molar-refractivity contribution is 7.99. The average Bonchev–Trinajstić information content (AvgIpc) is 2.79. The van der Waals surface area contributed by atoms with Gasteiger partial charge in [-0.3, -0.25) is 0 Å². The third-order valence-corrected chi connectivity index (χ3v) is 4.04. The Morgan fingerprint density at radius 2 is 2.44 bits per heavy atom. The lowest BCUT2D eigenvalue weighted by molar-refractivity contribution is 0.673. The molecule has 1 saturated heterocycles. The van der Waals surface area contributed by atoms with Crippen molar-refractivity contribution in [3.63, 3.8) is 0 Å². The van der Waals surface area contributed by atoms with Crippen molar-refractivity contribution in [1.29, 1.82) is 0 Å². The first kappa shape index (κ1) is 14.1. The lowest BCUT2D eigenvalue weighted by atomic mass is 10.3. The van der Waals surface area contributed by atoms with Crippen molar-refractivity contribution in [2.45, 2.75) is 29.1 Å². The molecule has 1 aromatic heterocycles. The summed E-state index contributed by atoms with van der Waals surface area (Å²) in [5.74, 6) is 1.12. The van der Waals surface area contributed by atoms with Gasteiger partial charge in [-0.05, 0) is 31.7 Å². The summed E-state index contributed by atoms with van der Waals surface area (Å²) in [5, 5.41) is 5.43. The monoisotopic (exact) mass is 277 g/mol. The van der Waals surface area contributed by atoms with Crippen LogP contribution < -0.4 is 5.32 Å². The Hall–Kier alpha value is 0.0300. The second kappa shape index (κ2) is 7.37. The van der Waals surface area contributed by atoms with Gasteiger partial charge in [0.2, 0.25) is 0 Å². The van der Waals surface area contributed by atoms with Crippen molar-refractivity contribution in [3.8, 4) is 0 Å². The third kappa shape index (κ3) is 4.13. The molecule has 0 amide bonds. The molecule has 0 aliphatic carbocycles. The predicted molar refractivity (Wildman–Crippen MR) is 72.8 cm³/mol. The summed E-state index contributed by atoms with van der Waals surface area (Å²) < 4.78 is 0. The molecular weight excluding hydrogens is 262 g/mol. The van der Waals surface area contributed by atoms with E-state index < -0.39 is 0 Å². The second-order valence-corrected chi connectivity index (χ2v) is 5.30. The van der Waals surface area contributed by atoms with Crippen LogP contribution in [0.4, 0.5) is 0 Å². The molecule has 1 atom stereocenters. The zero-order valence-electron chi connectivity index (χ0n) is 9.18. The molecule has 1 aromatic rings. The summed E-state index contributed by atoms with van der Waals surface area (Å²) in [5.41, 5.74) is 0. The molecule has 6 heteroatoms. The van der Waals surface area contributed by atoms with Crippen LogP contribution in [-0.2, 0) is 0 Å². The first-order valence-corrected chi connectivity index (χ1v) is 7.33. The molecule has 1 unspecified atom stereocenters. The fourth-order valence-corrected chi connectivity index (χ4v) is 2.97. The highest BCUT2D eigenvalue weighted by Gasteiger charge is 2.14. The minimum absolute atomic E-state index is 0. The molecule has 0 bridgehead atoms. The number of rotatable bonds is 4. The first-order valence-electron chi connectivity index (χ1n) is 5.11. The maximum atomic E-state index is 4.44. The number of thioether (sulfide) groups is 2. The summed E-state index contributed by atoms with van der Waals surface area (Å²) in [7, 11) is 0. The van der Waals surface area contributed by atoms with E-state index >= 15 is 0 Å². The molecule has 0 aromatic carbocycles. The van der Waals surface area contributed by atoms with Gasteiger partial charge in [-0.25, -0.2) is 9.97 Å². The van der Waals surface area contributed by atoms with Crippen molar-refractivity contribution in [2.75, 3.05) is 18.6 Å². The Morgan fingerprint density at radius 3 is 3.12 bits per heavy atom. The Morgan fingerprint density at radius 1 is 1.56 bits per heavy atom. The van der Waals surface area contributed by atoms with E-state index in [0.717, 1.165) is 15.9 Å². The van der Waals surface area contributed by atoms with Gasteiger partial charge in [0.15, 0.2) is 5.16 Å². The van der Waals surface area contributed by atoms with Gasteiger partial charge < -0.3 is 5.32 Å². The van der Waals surface area contributed by atoms with Gasteiger partial charge in [-0.15, -0.1) is 24.2 Å². The minimum Gasteiger partial charge on any atom is -0.313 e. The topological polar surface area (TPSA) is 37.8 Å². The normalized spacial score (nSPS) is 19.4. The number of halogens is 1. The summed E-state index contributed by atoms with van der Waals surface area (Å²) in [6, 6.07) is 2.65. The highest BCUT2D eigenvalue weighted by atomic mass is 35.5. The predicted octanol–water partition coefficient (Wildman–Crippen LogP) is 2.46. The maximum absolute atomic E-state index is 4.44. The lowest BCUT2D eigenvalue weighted by Gasteiger charge is -2.08. The molecule has 0 saturated carbocycles. The van der Waals surface area contributed by atoms with Gasteiger partial charge in [0.05, 0.1) is 0 Å². The van der Waals surface area contributed by atoms with Crippen molar-refractivity contribution in [1.82, 2.24) is 15.3 Å². The number of aromatic nitrogens is 2. The smallest absolute Gasteiger partial charge is 0.188 e. The summed E-state index contributed by atoms with van der Waals surface area (Å²) in [4.78, 5) is 8.60. The zero-order valence-corrected chi connectivity index (χ0v) is 11.6. The minimum atomic E-state index is 0. The van der Waals surface area contributed by atoms with Gasteiger partial charge in [-0.2, -0.15) is 0 Å². The number of hydrogen-bond donors (Lipinski definition) is 1. The molecule has 1 aliphatic heterocycles. The van der Waals surface area contributed by atoms with Gasteiger partial charge >= 0.3 is 0 Å². The zero-order chi connectivity index (χ0) is 10.5. The fourth-order valence-electron chi connectivity index (χ4n) is 1.59. The molecule has 0 radical (unpaired) electrons. The van der Waals surface area contributed by atoms with Crippen molar-refractivity contribution < 1.29 is 0 Å². The summed E-state index contributed by atoms with van der Waals surface area (Å²) in [6.07, 6.45) is 6.45. The molecule has 0 spiro atoms. The molecule has 1 fully saturated rings. The second-order valence-electron chi connectivity index (χ2n) is 3.49. The van der Waals surface area contributed by atoms with Crippen molar-refractivity contribution in [3.05, 3.63) is 12.3 Å². The Balaban J connectivity index is 0.00000128. The van der Waals surface area contributed by atoms with Crippen LogP contribution in [-0.4, -0.2) is 34.6 Å². The SMILES string of the molecule is CSc1nccc(SCC2CCCN2)n1.Cl. The fraction of sp³-hybridized carbons (Fsp3) is 0.600. The van der Waals surface area contributed by atoms with E-state index in [2.05, 4.69) is 15.3 Å². The van der Waals surface area contributed by atoms with Gasteiger partial charge in [0, 0.05) is 18.0 Å². The van der Waals surface area contributed by atoms with E-state index in [1.54, 1.807) is 11.8 Å². The van der Waals surface area contributed by atoms with Crippen LogP contribution in [0.3, 0.4) is 0 Å². The van der Waals surface area contributed by atoms with Crippen LogP contribution in [0.15, 0.2) is 22.4 Å². The standard InChI is InChI=1S/C10H15N3S2.ClH/c1-14-10-12-6-4-9(13-10)15-7-8-3-2-5-11-8;/h4,6,8,11H,2-3,5,7H2,1H3;1H. The molecule has 3 nitrogen and oxygen atoms in total. The van der Waals surface area contributed by atoms with Crippen LogP contribution in [0.1, 0.15) is 12.8 Å². The van der Waals surface area contributed by atoms with Crippen LogP contribution in [0.5, 0.6) is 0 Å². The van der Waals surface area contributed by atoms with Crippen LogP contribution >= 0.6 is 35.9 Å². The lowest BCUT2D eigenvalue weighted by Crippen LogP contribution is -2.23. The number of nitrogens with zero attached hydrogens (tertiary/aromatic N) is 2. The Labute approximate surface area is 111 Å². The number of nitrogens with one attached hydrogen (secondary N) is 1. The molecule has 90 valence electrons. The quantitative estimate of drug-likeness (QED) is 0.520. The van der Waals surface area contributed by atoms with Gasteiger partial charge in [0.1, 0.15) is 5.03 Å². The van der Waals surface area contributed by atoms with E-state index in [1.165, 1.54) is 19.4 Å². The highest BCUT2D eigenvalue weighted by Crippen LogP contribution is 2.20. The van der Waals surface area contributed by atoms with E-state index in [-0.39, 0.29) is 12.4 Å². The van der Waals surface area contributed by atoms with Crippen LogP contribution in [0.2, 0.25) is 0 Å². The van der Waals surface area contributed by atoms with Crippen LogP contribution in [0, 0.1) is 0 Å². The molecule has 1 aliphatic rings. The maximum Gasteiger partial charge on any atom is 0.188 e.